The fourth-order valence-electron chi connectivity index (χ4n) is 4.42. The molecule has 4 aromatic rings. The number of hydrogen-bond acceptors (Lipinski definition) is 2. The first-order valence-electron chi connectivity index (χ1n) is 12.5. The molecule has 0 bridgehead atoms. The molecule has 212 valence electrons. The van der Waals surface area contributed by atoms with Crippen molar-refractivity contribution in [1.29, 1.82) is 0 Å². The van der Waals surface area contributed by atoms with Gasteiger partial charge in [-0.1, -0.05) is 57.2 Å². The van der Waals surface area contributed by atoms with Gasteiger partial charge in [0.2, 0.25) is 0 Å². The van der Waals surface area contributed by atoms with Gasteiger partial charge in [0.1, 0.15) is 5.75 Å². The molecular weight excluding hydrogens is 534 g/mol. The van der Waals surface area contributed by atoms with E-state index in [1.165, 1.54) is 35.4 Å². The Morgan fingerprint density at radius 3 is 2.17 bits per heavy atom. The molecule has 0 unspecified atom stereocenters. The SMILES string of the molecule is CC(C)(C)c1ccc(CN(CCc2cccc(OC(F)(F)F)c2)C(=O)c2cc(C(F)(F)F)cc3cc[nH]c23)cc1. The first-order valence-corrected chi connectivity index (χ1v) is 12.5. The van der Waals surface area contributed by atoms with Crippen LogP contribution >= 0.6 is 0 Å². The number of amides is 1. The summed E-state index contributed by atoms with van der Waals surface area (Å²) in [5.41, 5.74) is 1.37. The number of aromatic nitrogens is 1. The van der Waals surface area contributed by atoms with Crippen molar-refractivity contribution in [2.24, 2.45) is 0 Å². The van der Waals surface area contributed by atoms with Crippen LogP contribution in [-0.2, 0) is 24.6 Å². The van der Waals surface area contributed by atoms with Gasteiger partial charge < -0.3 is 14.6 Å². The molecule has 0 spiro atoms. The second kappa shape index (κ2) is 10.9. The zero-order chi connectivity index (χ0) is 29.3. The first kappa shape index (κ1) is 29.0. The van der Waals surface area contributed by atoms with E-state index in [-0.39, 0.29) is 41.4 Å². The third-order valence-corrected chi connectivity index (χ3v) is 6.50. The molecule has 0 aliphatic heterocycles. The molecule has 10 heteroatoms. The van der Waals surface area contributed by atoms with Crippen molar-refractivity contribution >= 4 is 16.8 Å². The summed E-state index contributed by atoms with van der Waals surface area (Å²) in [6.07, 6.45) is -7.91. The standard InChI is InChI=1S/C30H28F6N2O2/c1-28(2,3)22-9-7-20(8-10-22)18-38(14-12-19-5-4-6-24(15-19)40-30(34,35)36)27(39)25-17-23(29(31,32)33)16-21-11-13-37-26(21)25/h4-11,13,15-17,37H,12,14,18H2,1-3H3. The van der Waals surface area contributed by atoms with Gasteiger partial charge in [-0.25, -0.2) is 0 Å². The fourth-order valence-corrected chi connectivity index (χ4v) is 4.42. The number of halogens is 6. The van der Waals surface area contributed by atoms with Gasteiger partial charge in [-0.15, -0.1) is 13.2 Å². The van der Waals surface area contributed by atoms with Gasteiger partial charge in [0.15, 0.2) is 0 Å². The van der Waals surface area contributed by atoms with Gasteiger partial charge in [0, 0.05) is 24.7 Å². The van der Waals surface area contributed by atoms with E-state index >= 15 is 0 Å². The number of carbonyl (C=O) groups is 1. The van der Waals surface area contributed by atoms with E-state index in [4.69, 9.17) is 0 Å². The average molecular weight is 563 g/mol. The molecule has 1 heterocycles. The van der Waals surface area contributed by atoms with E-state index in [2.05, 4.69) is 30.5 Å². The minimum atomic E-state index is -4.86. The molecule has 1 N–H and O–H groups in total. The minimum Gasteiger partial charge on any atom is -0.406 e. The maximum absolute atomic E-state index is 13.8. The Kier molecular flexibility index (Phi) is 7.92. The number of rotatable bonds is 7. The van der Waals surface area contributed by atoms with Crippen molar-refractivity contribution in [2.75, 3.05) is 6.54 Å². The predicted octanol–water partition coefficient (Wildman–Crippen LogP) is 8.27. The summed E-state index contributed by atoms with van der Waals surface area (Å²) >= 11 is 0. The Labute approximate surface area is 227 Å². The van der Waals surface area contributed by atoms with Crippen LogP contribution in [0.1, 0.15) is 53.4 Å². The number of benzene rings is 3. The summed E-state index contributed by atoms with van der Waals surface area (Å²) in [5.74, 6) is -1.03. The summed E-state index contributed by atoms with van der Waals surface area (Å²) in [6.45, 7) is 6.30. The van der Waals surface area contributed by atoms with Crippen LogP contribution in [0.4, 0.5) is 26.3 Å². The summed E-state index contributed by atoms with van der Waals surface area (Å²) in [5, 5.41) is 0.240. The summed E-state index contributed by atoms with van der Waals surface area (Å²) in [4.78, 5) is 18.1. The highest BCUT2D eigenvalue weighted by atomic mass is 19.4. The quantitative estimate of drug-likeness (QED) is 0.231. The van der Waals surface area contributed by atoms with Crippen LogP contribution in [0.5, 0.6) is 5.75 Å². The number of hydrogen-bond donors (Lipinski definition) is 1. The third-order valence-electron chi connectivity index (χ3n) is 6.50. The first-order chi connectivity index (χ1) is 18.6. The monoisotopic (exact) mass is 562 g/mol. The lowest BCUT2D eigenvalue weighted by molar-refractivity contribution is -0.274. The van der Waals surface area contributed by atoms with Gasteiger partial charge in [0.05, 0.1) is 16.6 Å². The Balaban J connectivity index is 1.67. The fraction of sp³-hybridized carbons (Fsp3) is 0.300. The lowest BCUT2D eigenvalue weighted by atomic mass is 9.87. The Morgan fingerprint density at radius 1 is 0.850 bits per heavy atom. The molecule has 4 rings (SSSR count). The van der Waals surface area contributed by atoms with Crippen LogP contribution in [-0.4, -0.2) is 28.7 Å². The topological polar surface area (TPSA) is 45.3 Å². The van der Waals surface area contributed by atoms with Gasteiger partial charge in [-0.05, 0) is 58.9 Å². The zero-order valence-electron chi connectivity index (χ0n) is 22.1. The van der Waals surface area contributed by atoms with E-state index in [9.17, 15) is 31.1 Å². The van der Waals surface area contributed by atoms with Crippen molar-refractivity contribution in [3.63, 3.8) is 0 Å². The number of aromatic amines is 1. The number of H-pyrrole nitrogens is 1. The van der Waals surface area contributed by atoms with Crippen LogP contribution in [0.2, 0.25) is 0 Å². The van der Waals surface area contributed by atoms with Crippen LogP contribution in [0.25, 0.3) is 10.9 Å². The average Bonchev–Trinajstić information content (AvgIpc) is 3.33. The maximum atomic E-state index is 13.8. The largest absolute Gasteiger partial charge is 0.573 e. The maximum Gasteiger partial charge on any atom is 0.573 e. The highest BCUT2D eigenvalue weighted by Crippen LogP contribution is 2.34. The molecule has 1 aromatic heterocycles. The number of fused-ring (bicyclic) bond motifs is 1. The van der Waals surface area contributed by atoms with Crippen LogP contribution in [0.3, 0.4) is 0 Å². The molecule has 0 atom stereocenters. The molecule has 0 aliphatic rings. The van der Waals surface area contributed by atoms with Crippen molar-refractivity contribution in [2.45, 2.75) is 51.7 Å². The van der Waals surface area contributed by atoms with Crippen LogP contribution in [0.15, 0.2) is 72.9 Å². The second-order valence-electron chi connectivity index (χ2n) is 10.6. The van der Waals surface area contributed by atoms with Gasteiger partial charge in [-0.3, -0.25) is 4.79 Å². The van der Waals surface area contributed by atoms with Crippen molar-refractivity contribution in [3.05, 3.63) is 101 Å². The van der Waals surface area contributed by atoms with Gasteiger partial charge >= 0.3 is 12.5 Å². The molecule has 0 radical (unpaired) electrons. The number of ether oxygens (including phenoxy) is 1. The molecular formula is C30H28F6N2O2. The van der Waals surface area contributed by atoms with Crippen LogP contribution < -0.4 is 4.74 Å². The third kappa shape index (κ3) is 7.16. The molecule has 4 nitrogen and oxygen atoms in total. The number of alkyl halides is 6. The van der Waals surface area contributed by atoms with E-state index in [1.807, 2.05) is 24.3 Å². The molecule has 0 saturated heterocycles. The van der Waals surface area contributed by atoms with Gasteiger partial charge in [0.25, 0.3) is 5.91 Å². The summed E-state index contributed by atoms with van der Waals surface area (Å²) in [7, 11) is 0. The van der Waals surface area contributed by atoms with E-state index in [0.717, 1.165) is 23.3 Å². The van der Waals surface area contributed by atoms with Crippen molar-refractivity contribution < 1.29 is 35.9 Å². The lowest BCUT2D eigenvalue weighted by Crippen LogP contribution is -2.33. The lowest BCUT2D eigenvalue weighted by Gasteiger charge is -2.25. The number of nitrogens with one attached hydrogen (secondary N) is 1. The molecule has 40 heavy (non-hydrogen) atoms. The van der Waals surface area contributed by atoms with Crippen molar-refractivity contribution in [1.82, 2.24) is 9.88 Å². The second-order valence-corrected chi connectivity index (χ2v) is 10.6. The van der Waals surface area contributed by atoms with E-state index in [1.54, 1.807) is 6.07 Å². The Bertz CT molecular complexity index is 1480. The Morgan fingerprint density at radius 2 is 1.55 bits per heavy atom. The molecule has 0 aliphatic carbocycles. The van der Waals surface area contributed by atoms with Crippen molar-refractivity contribution in [3.8, 4) is 5.75 Å². The summed E-state index contributed by atoms with van der Waals surface area (Å²) < 4.78 is 83.0. The molecule has 1 amide bonds. The van der Waals surface area contributed by atoms with Gasteiger partial charge in [-0.2, -0.15) is 13.2 Å². The highest BCUT2D eigenvalue weighted by Gasteiger charge is 2.33. The highest BCUT2D eigenvalue weighted by molar-refractivity contribution is 6.06. The molecule has 3 aromatic carbocycles. The number of carbonyl (C=O) groups excluding carboxylic acids is 1. The van der Waals surface area contributed by atoms with E-state index < -0.39 is 29.8 Å². The number of nitrogens with zero attached hydrogens (tertiary/aromatic N) is 1. The minimum absolute atomic E-state index is 0.0355. The smallest absolute Gasteiger partial charge is 0.406 e. The zero-order valence-corrected chi connectivity index (χ0v) is 22.1. The summed E-state index contributed by atoms with van der Waals surface area (Å²) in [6, 6.07) is 16.2. The normalized spacial score (nSPS) is 12.5. The van der Waals surface area contributed by atoms with E-state index in [0.29, 0.717) is 5.56 Å². The Hall–Kier alpha value is -3.95. The predicted molar refractivity (Wildman–Crippen MR) is 140 cm³/mol. The van der Waals surface area contributed by atoms with Crippen LogP contribution in [0, 0.1) is 0 Å². The molecule has 0 saturated carbocycles. The molecule has 0 fully saturated rings.